The van der Waals surface area contributed by atoms with Crippen molar-refractivity contribution in [2.24, 2.45) is 0 Å². The average molecular weight is 334 g/mol. The number of hydrogen-bond acceptors (Lipinski definition) is 2. The number of phenols is 1. The molecule has 0 spiro atoms. The fraction of sp³-hybridized carbons (Fsp3) is 0.471. The third kappa shape index (κ3) is 4.51. The maximum Gasteiger partial charge on any atom is 0.407 e. The van der Waals surface area contributed by atoms with Gasteiger partial charge < -0.3 is 20.1 Å². The van der Waals surface area contributed by atoms with E-state index in [0.29, 0.717) is 19.5 Å². The quantitative estimate of drug-likeness (QED) is 0.698. The highest BCUT2D eigenvalue weighted by Gasteiger charge is 2.19. The number of aromatic nitrogens is 1. The third-order valence-electron chi connectivity index (χ3n) is 4.14. The number of aromatic hydroxyl groups is 1. The number of benzene rings is 1. The Hall–Kier alpha value is -1.95. The molecule has 0 fully saturated rings. The molecule has 0 radical (unpaired) electrons. The number of hydrogen-bond donors (Lipinski definition) is 3. The Morgan fingerprint density at radius 2 is 1.96 bits per heavy atom. The van der Waals surface area contributed by atoms with Crippen LogP contribution in [0.25, 0.3) is 10.9 Å². The second kappa shape index (κ2) is 6.66. The number of aromatic amines is 1. The largest absolute Gasteiger partial charge is 0.508 e. The first-order valence-corrected chi connectivity index (χ1v) is 11.7. The van der Waals surface area contributed by atoms with Gasteiger partial charge in [-0.15, -0.1) is 0 Å². The Labute approximate surface area is 137 Å². The molecule has 0 atom stereocenters. The molecule has 2 aromatic rings. The second-order valence-corrected chi connectivity index (χ2v) is 12.9. The van der Waals surface area contributed by atoms with Gasteiger partial charge in [-0.25, -0.2) is 4.79 Å². The van der Waals surface area contributed by atoms with Gasteiger partial charge in [-0.1, -0.05) is 19.6 Å². The molecule has 0 aliphatic carbocycles. The van der Waals surface area contributed by atoms with E-state index in [2.05, 4.69) is 24.6 Å². The van der Waals surface area contributed by atoms with E-state index in [-0.39, 0.29) is 5.75 Å². The number of amides is 1. The van der Waals surface area contributed by atoms with E-state index in [4.69, 9.17) is 0 Å². The van der Waals surface area contributed by atoms with Gasteiger partial charge in [0.25, 0.3) is 0 Å². The number of nitrogens with zero attached hydrogens (tertiary/aromatic N) is 1. The van der Waals surface area contributed by atoms with E-state index in [1.165, 1.54) is 4.90 Å². The first kappa shape index (κ1) is 17.4. The third-order valence-corrected chi connectivity index (χ3v) is 5.86. The van der Waals surface area contributed by atoms with E-state index in [1.807, 2.05) is 13.0 Å². The number of carbonyl (C=O) groups is 1. The van der Waals surface area contributed by atoms with Gasteiger partial charge in [0.05, 0.1) is 0 Å². The molecule has 0 saturated heterocycles. The van der Waals surface area contributed by atoms with E-state index >= 15 is 0 Å². The topological polar surface area (TPSA) is 76.6 Å². The zero-order chi connectivity index (χ0) is 17.2. The maximum atomic E-state index is 11.5. The fourth-order valence-corrected chi connectivity index (χ4v) is 3.65. The Balaban J connectivity index is 2.13. The summed E-state index contributed by atoms with van der Waals surface area (Å²) in [6.45, 7) is 9.80. The summed E-state index contributed by atoms with van der Waals surface area (Å²) in [6.07, 6.45) is -0.212. The lowest BCUT2D eigenvalue weighted by Gasteiger charge is -2.23. The van der Waals surface area contributed by atoms with Crippen LogP contribution in [-0.4, -0.2) is 47.4 Å². The summed E-state index contributed by atoms with van der Waals surface area (Å²) in [4.78, 5) is 16.3. The smallest absolute Gasteiger partial charge is 0.407 e. The van der Waals surface area contributed by atoms with Gasteiger partial charge in [0.1, 0.15) is 5.75 Å². The normalized spacial score (nSPS) is 11.8. The SMILES string of the molecule is Cc1[nH]c2ccc(O)cc2c1CCN(CC[Si](C)(C)C)C(=O)O. The fourth-order valence-electron chi connectivity index (χ4n) is 2.71. The lowest BCUT2D eigenvalue weighted by Crippen LogP contribution is -2.36. The molecule has 23 heavy (non-hydrogen) atoms. The summed E-state index contributed by atoms with van der Waals surface area (Å²) in [6, 6.07) is 6.20. The molecule has 6 heteroatoms. The van der Waals surface area contributed by atoms with Crippen molar-refractivity contribution < 1.29 is 15.0 Å². The van der Waals surface area contributed by atoms with E-state index < -0.39 is 14.2 Å². The zero-order valence-electron chi connectivity index (χ0n) is 14.3. The van der Waals surface area contributed by atoms with Crippen LogP contribution < -0.4 is 0 Å². The molecule has 1 aromatic heterocycles. The molecule has 0 aliphatic heterocycles. The van der Waals surface area contributed by atoms with E-state index in [9.17, 15) is 15.0 Å². The van der Waals surface area contributed by atoms with Gasteiger partial charge in [0.15, 0.2) is 0 Å². The van der Waals surface area contributed by atoms with Crippen LogP contribution in [0.15, 0.2) is 18.2 Å². The monoisotopic (exact) mass is 334 g/mol. The highest BCUT2D eigenvalue weighted by molar-refractivity contribution is 6.76. The Bertz CT molecular complexity index is 704. The van der Waals surface area contributed by atoms with Crippen LogP contribution in [0.2, 0.25) is 25.7 Å². The first-order chi connectivity index (χ1) is 10.7. The number of H-pyrrole nitrogens is 1. The Morgan fingerprint density at radius 1 is 1.26 bits per heavy atom. The van der Waals surface area contributed by atoms with Gasteiger partial charge in [0, 0.05) is 37.8 Å². The van der Waals surface area contributed by atoms with Crippen LogP contribution in [0.3, 0.4) is 0 Å². The van der Waals surface area contributed by atoms with Crippen molar-refractivity contribution in [3.8, 4) is 5.75 Å². The van der Waals surface area contributed by atoms with E-state index in [0.717, 1.165) is 28.2 Å². The number of rotatable bonds is 6. The maximum absolute atomic E-state index is 11.5. The van der Waals surface area contributed by atoms with E-state index in [1.54, 1.807) is 12.1 Å². The molecule has 0 aliphatic rings. The summed E-state index contributed by atoms with van der Waals surface area (Å²) in [5.41, 5.74) is 3.08. The summed E-state index contributed by atoms with van der Waals surface area (Å²) < 4.78 is 0. The first-order valence-electron chi connectivity index (χ1n) is 7.95. The minimum Gasteiger partial charge on any atom is -0.508 e. The molecule has 0 bridgehead atoms. The molecular formula is C17H26N2O3Si. The molecule has 0 saturated carbocycles. The molecule has 0 unspecified atom stereocenters. The van der Waals surface area contributed by atoms with Crippen molar-refractivity contribution >= 4 is 25.1 Å². The zero-order valence-corrected chi connectivity index (χ0v) is 15.3. The van der Waals surface area contributed by atoms with Crippen molar-refractivity contribution in [1.82, 2.24) is 9.88 Å². The number of phenolic OH excluding ortho intramolecular Hbond substituents is 1. The minimum absolute atomic E-state index is 0.228. The highest BCUT2D eigenvalue weighted by Crippen LogP contribution is 2.26. The number of fused-ring (bicyclic) bond motifs is 1. The number of aryl methyl sites for hydroxylation is 1. The summed E-state index contributed by atoms with van der Waals surface area (Å²) in [5.74, 6) is 0.228. The molecule has 1 amide bonds. The molecule has 1 heterocycles. The van der Waals surface area contributed by atoms with Crippen LogP contribution in [0.5, 0.6) is 5.75 Å². The Kier molecular flexibility index (Phi) is 5.04. The molecule has 1 aromatic carbocycles. The minimum atomic E-state index is -1.27. The van der Waals surface area contributed by atoms with Crippen LogP contribution >= 0.6 is 0 Å². The van der Waals surface area contributed by atoms with Gasteiger partial charge in [-0.3, -0.25) is 0 Å². The van der Waals surface area contributed by atoms with Crippen molar-refractivity contribution in [3.05, 3.63) is 29.5 Å². The van der Waals surface area contributed by atoms with Crippen molar-refractivity contribution in [1.29, 1.82) is 0 Å². The number of nitrogens with one attached hydrogen (secondary N) is 1. The van der Waals surface area contributed by atoms with Crippen LogP contribution in [0.4, 0.5) is 4.79 Å². The van der Waals surface area contributed by atoms with Gasteiger partial charge in [-0.2, -0.15) is 0 Å². The van der Waals surface area contributed by atoms with Crippen LogP contribution in [0.1, 0.15) is 11.3 Å². The molecule has 2 rings (SSSR count). The van der Waals surface area contributed by atoms with Crippen LogP contribution in [0, 0.1) is 6.92 Å². The molecular weight excluding hydrogens is 308 g/mol. The standard InChI is InChI=1S/C17H26N2O3Si/c1-12-14(15-11-13(20)5-6-16(15)18-12)7-8-19(17(21)22)9-10-23(2,3)4/h5-6,11,18,20H,7-10H2,1-4H3,(H,21,22). The van der Waals surface area contributed by atoms with Crippen LogP contribution in [-0.2, 0) is 6.42 Å². The molecule has 126 valence electrons. The van der Waals surface area contributed by atoms with Crippen molar-refractivity contribution in [2.45, 2.75) is 39.0 Å². The molecule has 3 N–H and O–H groups in total. The molecule has 5 nitrogen and oxygen atoms in total. The predicted octanol–water partition coefficient (Wildman–Crippen LogP) is 4.04. The van der Waals surface area contributed by atoms with Gasteiger partial charge >= 0.3 is 6.09 Å². The Morgan fingerprint density at radius 3 is 2.57 bits per heavy atom. The average Bonchev–Trinajstić information content (AvgIpc) is 2.73. The highest BCUT2D eigenvalue weighted by atomic mass is 28.3. The van der Waals surface area contributed by atoms with Crippen molar-refractivity contribution in [2.75, 3.05) is 13.1 Å². The summed E-state index contributed by atoms with van der Waals surface area (Å²) in [7, 11) is -1.27. The lowest BCUT2D eigenvalue weighted by molar-refractivity contribution is 0.148. The van der Waals surface area contributed by atoms with Crippen molar-refractivity contribution in [3.63, 3.8) is 0 Å². The van der Waals surface area contributed by atoms with Gasteiger partial charge in [-0.05, 0) is 43.2 Å². The number of carboxylic acid groups (broad SMARTS) is 1. The summed E-state index contributed by atoms with van der Waals surface area (Å²) in [5, 5.41) is 20.1. The predicted molar refractivity (Wildman–Crippen MR) is 96.2 cm³/mol. The lowest BCUT2D eigenvalue weighted by atomic mass is 10.1. The van der Waals surface area contributed by atoms with Gasteiger partial charge in [0.2, 0.25) is 0 Å². The summed E-state index contributed by atoms with van der Waals surface area (Å²) >= 11 is 0. The second-order valence-electron chi connectivity index (χ2n) is 7.29.